The summed E-state index contributed by atoms with van der Waals surface area (Å²) < 4.78 is 0. The molecule has 0 aliphatic heterocycles. The van der Waals surface area contributed by atoms with Crippen molar-refractivity contribution in [2.45, 2.75) is 47.1 Å². The van der Waals surface area contributed by atoms with E-state index in [1.54, 1.807) is 0 Å². The van der Waals surface area contributed by atoms with Gasteiger partial charge in [0, 0.05) is 11.7 Å². The fraction of sp³-hybridized carbons (Fsp3) is 0.368. The molecule has 2 aromatic carbocycles. The average molecular weight is 267 g/mol. The van der Waals surface area contributed by atoms with Gasteiger partial charge in [-0.15, -0.1) is 0 Å². The van der Waals surface area contributed by atoms with E-state index in [9.17, 15) is 0 Å². The third-order valence-corrected chi connectivity index (χ3v) is 3.99. The van der Waals surface area contributed by atoms with Crippen LogP contribution in [0.1, 0.15) is 47.7 Å². The zero-order chi connectivity index (χ0) is 14.7. The number of para-hydroxylation sites is 1. The molecule has 0 saturated carbocycles. The number of hydrogen-bond acceptors (Lipinski definition) is 1. The van der Waals surface area contributed by atoms with Crippen molar-refractivity contribution in [3.8, 4) is 0 Å². The lowest BCUT2D eigenvalue weighted by atomic mass is 9.98. The summed E-state index contributed by atoms with van der Waals surface area (Å²) in [6.07, 6.45) is 1.06. The highest BCUT2D eigenvalue weighted by Crippen LogP contribution is 2.27. The Hall–Kier alpha value is -1.76. The maximum Gasteiger partial charge on any atom is 0.0488 e. The molecule has 0 aromatic heterocycles. The standard InChI is InChI=1S/C19H25N/c1-6-17-9-7-8-14(3)19(17)20-16(5)18-11-10-13(2)12-15(18)4/h7-12,16,20H,6H2,1-5H3. The molecule has 0 fully saturated rings. The monoisotopic (exact) mass is 267 g/mol. The summed E-state index contributed by atoms with van der Waals surface area (Å²) in [7, 11) is 0. The number of aryl methyl sites for hydroxylation is 4. The molecule has 0 amide bonds. The molecule has 0 saturated heterocycles. The molecule has 2 aromatic rings. The molecule has 0 aliphatic rings. The molecule has 2 rings (SSSR count). The van der Waals surface area contributed by atoms with Crippen LogP contribution in [0.25, 0.3) is 0 Å². The summed E-state index contributed by atoms with van der Waals surface area (Å²) in [5.41, 5.74) is 8.06. The maximum absolute atomic E-state index is 3.71. The number of anilines is 1. The molecule has 0 heterocycles. The highest BCUT2D eigenvalue weighted by molar-refractivity contribution is 5.58. The summed E-state index contributed by atoms with van der Waals surface area (Å²) in [5.74, 6) is 0. The summed E-state index contributed by atoms with van der Waals surface area (Å²) in [6.45, 7) is 11.0. The summed E-state index contributed by atoms with van der Waals surface area (Å²) in [6, 6.07) is 13.5. The molecular formula is C19H25N. The normalized spacial score (nSPS) is 12.2. The Morgan fingerprint density at radius 1 is 1.00 bits per heavy atom. The van der Waals surface area contributed by atoms with E-state index in [0.717, 1.165) is 6.42 Å². The maximum atomic E-state index is 3.71. The first-order chi connectivity index (χ1) is 9.52. The Bertz CT molecular complexity index is 599. The molecule has 1 nitrogen and oxygen atoms in total. The lowest BCUT2D eigenvalue weighted by Gasteiger charge is -2.22. The SMILES string of the molecule is CCc1cccc(C)c1NC(C)c1ccc(C)cc1C. The molecule has 106 valence electrons. The van der Waals surface area contributed by atoms with E-state index in [2.05, 4.69) is 76.3 Å². The second-order valence-electron chi connectivity index (χ2n) is 5.69. The van der Waals surface area contributed by atoms with Crippen molar-refractivity contribution in [1.29, 1.82) is 0 Å². The van der Waals surface area contributed by atoms with E-state index in [0.29, 0.717) is 6.04 Å². The van der Waals surface area contributed by atoms with Crippen LogP contribution in [0.4, 0.5) is 5.69 Å². The van der Waals surface area contributed by atoms with Gasteiger partial charge in [0.05, 0.1) is 0 Å². The van der Waals surface area contributed by atoms with Crippen molar-refractivity contribution < 1.29 is 0 Å². The fourth-order valence-electron chi connectivity index (χ4n) is 2.84. The lowest BCUT2D eigenvalue weighted by Crippen LogP contribution is -2.11. The second kappa shape index (κ2) is 6.13. The molecule has 0 radical (unpaired) electrons. The topological polar surface area (TPSA) is 12.0 Å². The van der Waals surface area contributed by atoms with Gasteiger partial charge in [-0.2, -0.15) is 0 Å². The van der Waals surface area contributed by atoms with E-state index in [4.69, 9.17) is 0 Å². The molecule has 0 bridgehead atoms. The minimum absolute atomic E-state index is 0.321. The Labute approximate surface area is 123 Å². The highest BCUT2D eigenvalue weighted by Gasteiger charge is 2.11. The van der Waals surface area contributed by atoms with Crippen molar-refractivity contribution in [3.05, 3.63) is 64.2 Å². The minimum atomic E-state index is 0.321. The third-order valence-electron chi connectivity index (χ3n) is 3.99. The van der Waals surface area contributed by atoms with Gasteiger partial charge < -0.3 is 5.32 Å². The van der Waals surface area contributed by atoms with Gasteiger partial charge in [-0.3, -0.25) is 0 Å². The molecule has 1 N–H and O–H groups in total. The summed E-state index contributed by atoms with van der Waals surface area (Å²) in [4.78, 5) is 0. The van der Waals surface area contributed by atoms with E-state index < -0.39 is 0 Å². The van der Waals surface area contributed by atoms with Crippen LogP contribution >= 0.6 is 0 Å². The van der Waals surface area contributed by atoms with Crippen LogP contribution in [0.2, 0.25) is 0 Å². The number of hydrogen-bond donors (Lipinski definition) is 1. The molecule has 0 spiro atoms. The van der Waals surface area contributed by atoms with E-state index in [-0.39, 0.29) is 0 Å². The van der Waals surface area contributed by atoms with Gasteiger partial charge in [0.25, 0.3) is 0 Å². The molecule has 0 aliphatic carbocycles. The summed E-state index contributed by atoms with van der Waals surface area (Å²) >= 11 is 0. The number of rotatable bonds is 4. The van der Waals surface area contributed by atoms with Crippen LogP contribution < -0.4 is 5.32 Å². The van der Waals surface area contributed by atoms with Gasteiger partial charge in [-0.25, -0.2) is 0 Å². The Balaban J connectivity index is 2.30. The van der Waals surface area contributed by atoms with E-state index in [1.165, 1.54) is 33.5 Å². The van der Waals surface area contributed by atoms with Gasteiger partial charge in [0.15, 0.2) is 0 Å². The average Bonchev–Trinajstić information content (AvgIpc) is 2.40. The lowest BCUT2D eigenvalue weighted by molar-refractivity contribution is 0.866. The minimum Gasteiger partial charge on any atom is -0.378 e. The molecule has 20 heavy (non-hydrogen) atoms. The first-order valence-electron chi connectivity index (χ1n) is 7.45. The van der Waals surface area contributed by atoms with Gasteiger partial charge in [0.2, 0.25) is 0 Å². The Morgan fingerprint density at radius 2 is 1.75 bits per heavy atom. The summed E-state index contributed by atoms with van der Waals surface area (Å²) in [5, 5.41) is 3.71. The van der Waals surface area contributed by atoms with Crippen LogP contribution in [0.5, 0.6) is 0 Å². The van der Waals surface area contributed by atoms with Crippen molar-refractivity contribution >= 4 is 5.69 Å². The van der Waals surface area contributed by atoms with Crippen molar-refractivity contribution in [2.75, 3.05) is 5.32 Å². The van der Waals surface area contributed by atoms with Crippen molar-refractivity contribution in [1.82, 2.24) is 0 Å². The molecule has 1 heteroatoms. The van der Waals surface area contributed by atoms with Gasteiger partial charge >= 0.3 is 0 Å². The van der Waals surface area contributed by atoms with Crippen molar-refractivity contribution in [2.24, 2.45) is 0 Å². The number of nitrogens with one attached hydrogen (secondary N) is 1. The van der Waals surface area contributed by atoms with E-state index >= 15 is 0 Å². The first kappa shape index (κ1) is 14.6. The van der Waals surface area contributed by atoms with Gasteiger partial charge in [-0.1, -0.05) is 48.9 Å². The van der Waals surface area contributed by atoms with Crippen molar-refractivity contribution in [3.63, 3.8) is 0 Å². The third kappa shape index (κ3) is 3.04. The van der Waals surface area contributed by atoms with Crippen LogP contribution in [0.3, 0.4) is 0 Å². The zero-order valence-corrected chi connectivity index (χ0v) is 13.2. The first-order valence-corrected chi connectivity index (χ1v) is 7.45. The van der Waals surface area contributed by atoms with E-state index in [1.807, 2.05) is 0 Å². The molecule has 1 unspecified atom stereocenters. The predicted octanol–water partition coefficient (Wildman–Crippen LogP) is 5.35. The Kier molecular flexibility index (Phi) is 4.49. The quantitative estimate of drug-likeness (QED) is 0.787. The highest BCUT2D eigenvalue weighted by atomic mass is 14.9. The number of benzene rings is 2. The van der Waals surface area contributed by atoms with Crippen LogP contribution in [-0.2, 0) is 6.42 Å². The van der Waals surface area contributed by atoms with Gasteiger partial charge in [-0.05, 0) is 56.4 Å². The fourth-order valence-corrected chi connectivity index (χ4v) is 2.84. The van der Waals surface area contributed by atoms with Crippen LogP contribution in [0.15, 0.2) is 36.4 Å². The largest absolute Gasteiger partial charge is 0.378 e. The zero-order valence-electron chi connectivity index (χ0n) is 13.2. The molecular weight excluding hydrogens is 242 g/mol. The smallest absolute Gasteiger partial charge is 0.0488 e. The molecule has 1 atom stereocenters. The van der Waals surface area contributed by atoms with Crippen LogP contribution in [-0.4, -0.2) is 0 Å². The Morgan fingerprint density at radius 3 is 2.40 bits per heavy atom. The van der Waals surface area contributed by atoms with Gasteiger partial charge in [0.1, 0.15) is 0 Å². The van der Waals surface area contributed by atoms with Crippen LogP contribution in [0, 0.1) is 20.8 Å². The predicted molar refractivity (Wildman–Crippen MR) is 88.5 cm³/mol. The second-order valence-corrected chi connectivity index (χ2v) is 5.69.